The molecule has 3 rings (SSSR count). The Bertz CT molecular complexity index is 1020. The van der Waals surface area contributed by atoms with Crippen molar-refractivity contribution in [1.29, 1.82) is 0 Å². The van der Waals surface area contributed by atoms with Crippen LogP contribution in [0.15, 0.2) is 53.1 Å². The number of benzene rings is 2. The zero-order chi connectivity index (χ0) is 21.7. The Morgan fingerprint density at radius 1 is 1.23 bits per heavy atom. The molecular formula is C22H23ClFN3O3. The number of halogens is 2. The van der Waals surface area contributed by atoms with Gasteiger partial charge in [-0.3, -0.25) is 0 Å². The summed E-state index contributed by atoms with van der Waals surface area (Å²) in [7, 11) is 0. The molecule has 0 saturated heterocycles. The van der Waals surface area contributed by atoms with Gasteiger partial charge in [0.25, 0.3) is 0 Å². The molecule has 30 heavy (non-hydrogen) atoms. The molecule has 0 spiro atoms. The number of alkyl carbamates (subject to hydrolysis) is 1. The second-order valence-electron chi connectivity index (χ2n) is 7.83. The SMILES string of the molecule is CC(C)(C)OC(=O)NCC(Cc1nc(-c2cccc(Cl)c2)no1)c1ccccc1F. The zero-order valence-electron chi connectivity index (χ0n) is 17.0. The predicted octanol–water partition coefficient (Wildman–Crippen LogP) is 5.38. The summed E-state index contributed by atoms with van der Waals surface area (Å²) in [6, 6.07) is 13.5. The number of nitrogens with one attached hydrogen (secondary N) is 1. The Kier molecular flexibility index (Phi) is 6.72. The van der Waals surface area contributed by atoms with Crippen molar-refractivity contribution in [3.63, 3.8) is 0 Å². The van der Waals surface area contributed by atoms with E-state index in [4.69, 9.17) is 20.9 Å². The fraction of sp³-hybridized carbons (Fsp3) is 0.318. The minimum atomic E-state index is -0.629. The monoisotopic (exact) mass is 431 g/mol. The maximum Gasteiger partial charge on any atom is 0.407 e. The van der Waals surface area contributed by atoms with Crippen molar-refractivity contribution in [3.05, 3.63) is 70.8 Å². The maximum absolute atomic E-state index is 14.4. The molecule has 158 valence electrons. The van der Waals surface area contributed by atoms with Crippen molar-refractivity contribution in [2.45, 2.75) is 38.7 Å². The molecular weight excluding hydrogens is 409 g/mol. The highest BCUT2D eigenvalue weighted by Gasteiger charge is 2.23. The van der Waals surface area contributed by atoms with Gasteiger partial charge in [-0.15, -0.1) is 0 Å². The van der Waals surface area contributed by atoms with Crippen LogP contribution in [0.4, 0.5) is 9.18 Å². The largest absolute Gasteiger partial charge is 0.444 e. The molecule has 6 nitrogen and oxygen atoms in total. The minimum Gasteiger partial charge on any atom is -0.444 e. The average molecular weight is 432 g/mol. The number of rotatable bonds is 6. The van der Waals surface area contributed by atoms with E-state index in [0.29, 0.717) is 27.9 Å². The molecule has 1 aromatic heterocycles. The second kappa shape index (κ2) is 9.26. The molecule has 0 aliphatic heterocycles. The molecule has 3 aromatic rings. The van der Waals surface area contributed by atoms with Crippen LogP contribution in [0.5, 0.6) is 0 Å². The number of hydrogen-bond acceptors (Lipinski definition) is 5. The van der Waals surface area contributed by atoms with Crippen LogP contribution in [0.3, 0.4) is 0 Å². The van der Waals surface area contributed by atoms with E-state index in [2.05, 4.69) is 15.5 Å². The summed E-state index contributed by atoms with van der Waals surface area (Å²) in [6.07, 6.45) is -0.335. The quantitative estimate of drug-likeness (QED) is 0.567. The lowest BCUT2D eigenvalue weighted by molar-refractivity contribution is 0.0523. The normalized spacial score (nSPS) is 12.4. The van der Waals surface area contributed by atoms with Gasteiger partial charge < -0.3 is 14.6 Å². The van der Waals surface area contributed by atoms with Gasteiger partial charge in [0, 0.05) is 29.5 Å². The molecule has 1 unspecified atom stereocenters. The first-order valence-corrected chi connectivity index (χ1v) is 9.89. The van der Waals surface area contributed by atoms with Crippen LogP contribution in [0.1, 0.15) is 38.1 Å². The van der Waals surface area contributed by atoms with Gasteiger partial charge in [-0.05, 0) is 44.5 Å². The van der Waals surface area contributed by atoms with Crippen LogP contribution < -0.4 is 5.32 Å². The summed E-state index contributed by atoms with van der Waals surface area (Å²) in [6.45, 7) is 5.47. The van der Waals surface area contributed by atoms with Crippen LogP contribution in [0, 0.1) is 5.82 Å². The Morgan fingerprint density at radius 3 is 2.70 bits per heavy atom. The van der Waals surface area contributed by atoms with Crippen LogP contribution in [0.2, 0.25) is 5.02 Å². The van der Waals surface area contributed by atoms with E-state index in [9.17, 15) is 9.18 Å². The van der Waals surface area contributed by atoms with Crippen LogP contribution in [-0.4, -0.2) is 28.4 Å². The third-order valence-electron chi connectivity index (χ3n) is 4.21. The molecule has 1 N–H and O–H groups in total. The summed E-state index contributed by atoms with van der Waals surface area (Å²) < 4.78 is 25.1. The topological polar surface area (TPSA) is 77.2 Å². The van der Waals surface area contributed by atoms with E-state index < -0.39 is 17.6 Å². The Balaban J connectivity index is 1.78. The van der Waals surface area contributed by atoms with E-state index in [0.717, 1.165) is 0 Å². The van der Waals surface area contributed by atoms with Gasteiger partial charge in [-0.1, -0.05) is 47.1 Å². The third kappa shape index (κ3) is 6.03. The smallest absolute Gasteiger partial charge is 0.407 e. The fourth-order valence-electron chi connectivity index (χ4n) is 2.91. The molecule has 0 fully saturated rings. The maximum atomic E-state index is 14.4. The Morgan fingerprint density at radius 2 is 2.00 bits per heavy atom. The highest BCUT2D eigenvalue weighted by atomic mass is 35.5. The Hall–Kier alpha value is -2.93. The molecule has 0 saturated carbocycles. The van der Waals surface area contributed by atoms with E-state index in [-0.39, 0.29) is 18.8 Å². The van der Waals surface area contributed by atoms with Crippen LogP contribution >= 0.6 is 11.6 Å². The molecule has 1 amide bonds. The highest BCUT2D eigenvalue weighted by Crippen LogP contribution is 2.25. The van der Waals surface area contributed by atoms with Gasteiger partial charge in [0.2, 0.25) is 11.7 Å². The number of amides is 1. The second-order valence-corrected chi connectivity index (χ2v) is 8.26. The van der Waals surface area contributed by atoms with Crippen molar-refractivity contribution >= 4 is 17.7 Å². The minimum absolute atomic E-state index is 0.144. The lowest BCUT2D eigenvalue weighted by Gasteiger charge is -2.22. The molecule has 8 heteroatoms. The zero-order valence-corrected chi connectivity index (χ0v) is 17.7. The summed E-state index contributed by atoms with van der Waals surface area (Å²) in [4.78, 5) is 16.5. The van der Waals surface area contributed by atoms with E-state index in [1.165, 1.54) is 6.07 Å². The third-order valence-corrected chi connectivity index (χ3v) is 4.44. The van der Waals surface area contributed by atoms with Crippen molar-refractivity contribution in [1.82, 2.24) is 15.5 Å². The summed E-state index contributed by atoms with van der Waals surface area (Å²) in [5.74, 6) is -0.0847. The number of carbonyl (C=O) groups is 1. The molecule has 0 aliphatic rings. The van der Waals surface area contributed by atoms with Gasteiger partial charge in [-0.25, -0.2) is 9.18 Å². The van der Waals surface area contributed by atoms with Crippen LogP contribution in [-0.2, 0) is 11.2 Å². The van der Waals surface area contributed by atoms with E-state index in [1.54, 1.807) is 57.2 Å². The summed E-state index contributed by atoms with van der Waals surface area (Å²) in [5.41, 5.74) is 0.526. The van der Waals surface area contributed by atoms with Crippen molar-refractivity contribution in [3.8, 4) is 11.4 Å². The average Bonchev–Trinajstić information content (AvgIpc) is 3.13. The molecule has 1 atom stereocenters. The van der Waals surface area contributed by atoms with Gasteiger partial charge in [-0.2, -0.15) is 4.98 Å². The van der Waals surface area contributed by atoms with Crippen molar-refractivity contribution in [2.75, 3.05) is 6.54 Å². The predicted molar refractivity (Wildman–Crippen MR) is 112 cm³/mol. The molecule has 0 aliphatic carbocycles. The number of carbonyl (C=O) groups excluding carboxylic acids is 1. The summed E-state index contributed by atoms with van der Waals surface area (Å²) >= 11 is 6.02. The number of ether oxygens (including phenoxy) is 1. The van der Waals surface area contributed by atoms with Crippen molar-refractivity contribution in [2.24, 2.45) is 0 Å². The highest BCUT2D eigenvalue weighted by molar-refractivity contribution is 6.30. The fourth-order valence-corrected chi connectivity index (χ4v) is 3.10. The first kappa shape index (κ1) is 21.8. The van der Waals surface area contributed by atoms with Gasteiger partial charge in [0.05, 0.1) is 0 Å². The number of hydrogen-bond donors (Lipinski definition) is 1. The molecule has 2 aromatic carbocycles. The van der Waals surface area contributed by atoms with Crippen molar-refractivity contribution < 1.29 is 18.4 Å². The standard InChI is InChI=1S/C22H23ClFN3O3/c1-22(2,3)29-21(28)25-13-15(17-9-4-5-10-18(17)24)12-19-26-20(27-30-19)14-7-6-8-16(23)11-14/h4-11,15H,12-13H2,1-3H3,(H,25,28). The first-order chi connectivity index (χ1) is 14.2. The first-order valence-electron chi connectivity index (χ1n) is 9.51. The number of nitrogens with zero attached hydrogens (tertiary/aromatic N) is 2. The Labute approximate surface area is 179 Å². The van der Waals surface area contributed by atoms with Gasteiger partial charge in [0.15, 0.2) is 0 Å². The van der Waals surface area contributed by atoms with E-state index in [1.807, 2.05) is 6.07 Å². The van der Waals surface area contributed by atoms with E-state index >= 15 is 0 Å². The molecule has 0 bridgehead atoms. The van der Waals surface area contributed by atoms with Gasteiger partial charge in [0.1, 0.15) is 11.4 Å². The van der Waals surface area contributed by atoms with Gasteiger partial charge >= 0.3 is 6.09 Å². The number of aromatic nitrogens is 2. The molecule has 0 radical (unpaired) electrons. The lowest BCUT2D eigenvalue weighted by atomic mass is 9.95. The molecule has 1 heterocycles. The van der Waals surface area contributed by atoms with Crippen LogP contribution in [0.25, 0.3) is 11.4 Å². The lowest BCUT2D eigenvalue weighted by Crippen LogP contribution is -2.35. The summed E-state index contributed by atoms with van der Waals surface area (Å²) in [5, 5.41) is 7.25.